The molecule has 2 rings (SSSR count). The maximum absolute atomic E-state index is 11.3. The summed E-state index contributed by atoms with van der Waals surface area (Å²) in [6.45, 7) is -0.679. The SMILES string of the molecule is O=C(CO)n1c(=O)[nH]c2ccccc21. The standard InChI is InChI=1S/C9H8N2O3/c12-5-8(13)11-7-4-2-1-3-6(7)10-9(11)14/h1-4,12H,5H2,(H,10,14). The predicted molar refractivity (Wildman–Crippen MR) is 50.3 cm³/mol. The largest absolute Gasteiger partial charge is 0.387 e. The van der Waals surface area contributed by atoms with E-state index in [2.05, 4.69) is 4.98 Å². The molecule has 5 heteroatoms. The zero-order chi connectivity index (χ0) is 10.1. The van der Waals surface area contributed by atoms with E-state index in [0.717, 1.165) is 4.57 Å². The fourth-order valence-electron chi connectivity index (χ4n) is 1.37. The summed E-state index contributed by atoms with van der Waals surface area (Å²) in [6, 6.07) is 6.81. The minimum atomic E-state index is -0.679. The summed E-state index contributed by atoms with van der Waals surface area (Å²) in [5.41, 5.74) is 0.543. The van der Waals surface area contributed by atoms with Crippen molar-refractivity contribution in [2.75, 3.05) is 6.61 Å². The molecular formula is C9H8N2O3. The van der Waals surface area contributed by atoms with E-state index < -0.39 is 18.2 Å². The maximum Gasteiger partial charge on any atom is 0.333 e. The van der Waals surface area contributed by atoms with E-state index in [1.54, 1.807) is 24.3 Å². The van der Waals surface area contributed by atoms with Crippen LogP contribution in [0.5, 0.6) is 0 Å². The molecule has 2 aromatic rings. The molecule has 0 radical (unpaired) electrons. The summed E-state index contributed by atoms with van der Waals surface area (Å²) >= 11 is 0. The number of aromatic amines is 1. The van der Waals surface area contributed by atoms with Gasteiger partial charge < -0.3 is 10.1 Å². The first kappa shape index (κ1) is 8.71. The molecule has 0 aliphatic heterocycles. The molecular weight excluding hydrogens is 184 g/mol. The number of aliphatic hydroxyl groups is 1. The number of H-pyrrole nitrogens is 1. The molecule has 5 nitrogen and oxygen atoms in total. The Morgan fingerprint density at radius 3 is 2.86 bits per heavy atom. The van der Waals surface area contributed by atoms with Crippen molar-refractivity contribution in [2.45, 2.75) is 0 Å². The maximum atomic E-state index is 11.3. The van der Waals surface area contributed by atoms with Gasteiger partial charge in [0.1, 0.15) is 6.61 Å². The molecule has 1 heterocycles. The number of benzene rings is 1. The van der Waals surface area contributed by atoms with Crippen molar-refractivity contribution >= 4 is 16.9 Å². The molecule has 0 bridgehead atoms. The molecule has 1 aromatic heterocycles. The van der Waals surface area contributed by atoms with Crippen LogP contribution < -0.4 is 5.69 Å². The average Bonchev–Trinajstić information content (AvgIpc) is 2.53. The van der Waals surface area contributed by atoms with Crippen LogP contribution in [-0.4, -0.2) is 27.2 Å². The summed E-state index contributed by atoms with van der Waals surface area (Å²) in [7, 11) is 0. The van der Waals surface area contributed by atoms with E-state index in [0.29, 0.717) is 11.0 Å². The van der Waals surface area contributed by atoms with Crippen LogP contribution in [0, 0.1) is 0 Å². The third-order valence-corrected chi connectivity index (χ3v) is 1.97. The van der Waals surface area contributed by atoms with Gasteiger partial charge in [0.15, 0.2) is 0 Å². The van der Waals surface area contributed by atoms with Crippen molar-refractivity contribution in [1.82, 2.24) is 9.55 Å². The summed E-state index contributed by atoms with van der Waals surface area (Å²) in [5.74, 6) is -0.632. The van der Waals surface area contributed by atoms with Gasteiger partial charge in [0.05, 0.1) is 11.0 Å². The Kier molecular flexibility index (Phi) is 1.94. The minimum Gasteiger partial charge on any atom is -0.387 e. The molecule has 0 aliphatic rings. The molecule has 0 amide bonds. The normalized spacial score (nSPS) is 10.6. The number of fused-ring (bicyclic) bond motifs is 1. The number of imidazole rings is 1. The van der Waals surface area contributed by atoms with E-state index in [4.69, 9.17) is 5.11 Å². The van der Waals surface area contributed by atoms with E-state index in [1.807, 2.05) is 0 Å². The molecule has 2 N–H and O–H groups in total. The van der Waals surface area contributed by atoms with Crippen molar-refractivity contribution in [3.63, 3.8) is 0 Å². The summed E-state index contributed by atoms with van der Waals surface area (Å²) in [4.78, 5) is 25.0. The van der Waals surface area contributed by atoms with Crippen LogP contribution in [-0.2, 0) is 0 Å². The van der Waals surface area contributed by atoms with Crippen LogP contribution in [0.15, 0.2) is 29.1 Å². The van der Waals surface area contributed by atoms with Crippen molar-refractivity contribution in [2.24, 2.45) is 0 Å². The Hall–Kier alpha value is -1.88. The molecule has 0 aliphatic carbocycles. The third kappa shape index (κ3) is 1.14. The van der Waals surface area contributed by atoms with E-state index >= 15 is 0 Å². The molecule has 0 unspecified atom stereocenters. The first-order chi connectivity index (χ1) is 6.74. The monoisotopic (exact) mass is 192 g/mol. The molecule has 0 atom stereocenters. The third-order valence-electron chi connectivity index (χ3n) is 1.97. The van der Waals surface area contributed by atoms with Gasteiger partial charge in [0.25, 0.3) is 5.91 Å². The molecule has 72 valence electrons. The fraction of sp³-hybridized carbons (Fsp3) is 0.111. The zero-order valence-corrected chi connectivity index (χ0v) is 7.23. The van der Waals surface area contributed by atoms with Crippen LogP contribution in [0.1, 0.15) is 4.79 Å². The summed E-state index contributed by atoms with van der Waals surface area (Å²) < 4.78 is 0.926. The van der Waals surface area contributed by atoms with Crippen molar-refractivity contribution in [1.29, 1.82) is 0 Å². The lowest BCUT2D eigenvalue weighted by Crippen LogP contribution is -2.26. The highest BCUT2D eigenvalue weighted by atomic mass is 16.3. The van der Waals surface area contributed by atoms with Crippen LogP contribution in [0.3, 0.4) is 0 Å². The molecule has 0 spiro atoms. The lowest BCUT2D eigenvalue weighted by molar-refractivity contribution is 0.0820. The van der Waals surface area contributed by atoms with Gasteiger partial charge in [-0.3, -0.25) is 4.79 Å². The topological polar surface area (TPSA) is 75.1 Å². The molecule has 0 fully saturated rings. The van der Waals surface area contributed by atoms with Crippen molar-refractivity contribution in [3.8, 4) is 0 Å². The predicted octanol–water partition coefficient (Wildman–Crippen LogP) is -0.0379. The Bertz CT molecular complexity index is 538. The van der Waals surface area contributed by atoms with Crippen LogP contribution in [0.2, 0.25) is 0 Å². The molecule has 1 aromatic carbocycles. The van der Waals surface area contributed by atoms with Gasteiger partial charge in [-0.25, -0.2) is 9.36 Å². The number of hydrogen-bond acceptors (Lipinski definition) is 3. The average molecular weight is 192 g/mol. The smallest absolute Gasteiger partial charge is 0.333 e. The van der Waals surface area contributed by atoms with Crippen molar-refractivity contribution < 1.29 is 9.90 Å². The number of hydrogen-bond donors (Lipinski definition) is 2. The highest BCUT2D eigenvalue weighted by Gasteiger charge is 2.11. The van der Waals surface area contributed by atoms with Crippen molar-refractivity contribution in [3.05, 3.63) is 34.7 Å². The minimum absolute atomic E-state index is 0.483. The number of nitrogens with zero attached hydrogens (tertiary/aromatic N) is 1. The van der Waals surface area contributed by atoms with Gasteiger partial charge >= 0.3 is 5.69 Å². The fourth-order valence-corrected chi connectivity index (χ4v) is 1.37. The van der Waals surface area contributed by atoms with Gasteiger partial charge in [-0.05, 0) is 12.1 Å². The lowest BCUT2D eigenvalue weighted by Gasteiger charge is -1.96. The van der Waals surface area contributed by atoms with Crippen LogP contribution in [0.4, 0.5) is 0 Å². The first-order valence-electron chi connectivity index (χ1n) is 4.08. The second-order valence-electron chi connectivity index (χ2n) is 2.83. The quantitative estimate of drug-likeness (QED) is 0.665. The Labute approximate surface area is 78.6 Å². The van der Waals surface area contributed by atoms with Gasteiger partial charge in [0.2, 0.25) is 0 Å². The van der Waals surface area contributed by atoms with Gasteiger partial charge in [-0.1, -0.05) is 12.1 Å². The Morgan fingerprint density at radius 2 is 2.14 bits per heavy atom. The van der Waals surface area contributed by atoms with Gasteiger partial charge in [-0.15, -0.1) is 0 Å². The Morgan fingerprint density at radius 1 is 1.43 bits per heavy atom. The number of nitrogens with one attached hydrogen (secondary N) is 1. The number of para-hydroxylation sites is 2. The second-order valence-corrected chi connectivity index (χ2v) is 2.83. The lowest BCUT2D eigenvalue weighted by atomic mass is 10.3. The highest BCUT2D eigenvalue weighted by Crippen LogP contribution is 2.08. The molecule has 14 heavy (non-hydrogen) atoms. The molecule has 0 saturated heterocycles. The van der Waals surface area contributed by atoms with Gasteiger partial charge in [0, 0.05) is 0 Å². The second kappa shape index (κ2) is 3.12. The number of carbonyl (C=O) groups is 1. The van der Waals surface area contributed by atoms with Crippen LogP contribution in [0.25, 0.3) is 11.0 Å². The van der Waals surface area contributed by atoms with Crippen LogP contribution >= 0.6 is 0 Å². The Balaban J connectivity index is 2.81. The summed E-state index contributed by atoms with van der Waals surface area (Å²) in [5, 5.41) is 8.67. The number of aromatic nitrogens is 2. The number of carbonyl (C=O) groups excluding carboxylic acids is 1. The molecule has 0 saturated carbocycles. The highest BCUT2D eigenvalue weighted by molar-refractivity contribution is 5.90. The first-order valence-corrected chi connectivity index (χ1v) is 4.08. The van der Waals surface area contributed by atoms with E-state index in [-0.39, 0.29) is 0 Å². The van der Waals surface area contributed by atoms with Gasteiger partial charge in [-0.2, -0.15) is 0 Å². The zero-order valence-electron chi connectivity index (χ0n) is 7.23. The number of aliphatic hydroxyl groups excluding tert-OH is 1. The van der Waals surface area contributed by atoms with E-state index in [1.165, 1.54) is 0 Å². The van der Waals surface area contributed by atoms with E-state index in [9.17, 15) is 9.59 Å². The number of rotatable bonds is 1. The summed E-state index contributed by atoms with van der Waals surface area (Å²) in [6.07, 6.45) is 0.